The highest BCUT2D eigenvalue weighted by Crippen LogP contribution is 2.36. The van der Waals surface area contributed by atoms with Crippen molar-refractivity contribution in [3.05, 3.63) is 64.6 Å². The lowest BCUT2D eigenvalue weighted by Gasteiger charge is -2.14. The Morgan fingerprint density at radius 1 is 1.17 bits per heavy atom. The van der Waals surface area contributed by atoms with E-state index in [1.807, 2.05) is 30.3 Å². The molecule has 1 N–H and O–H groups in total. The van der Waals surface area contributed by atoms with Crippen LogP contribution in [0, 0.1) is 0 Å². The average molecular weight is 341 g/mol. The van der Waals surface area contributed by atoms with E-state index in [0.717, 1.165) is 12.1 Å². The minimum Gasteiger partial charge on any atom is -0.507 e. The standard InChI is InChI=1S/C18H15NO2S2/c1-2-12-7-9-14(10-8-12)19-17(21)16(23-18(19)22)11-13-5-3-4-6-15(13)20/h3-11,20H,2H2,1H3/b16-11+. The molecule has 116 valence electrons. The number of rotatable bonds is 3. The second-order valence-electron chi connectivity index (χ2n) is 5.10. The van der Waals surface area contributed by atoms with E-state index in [0.29, 0.717) is 14.8 Å². The molecule has 1 aliphatic heterocycles. The SMILES string of the molecule is CCc1ccc(N2C(=O)/C(=C\c3ccccc3O)SC2=S)cc1. The highest BCUT2D eigenvalue weighted by molar-refractivity contribution is 8.27. The summed E-state index contributed by atoms with van der Waals surface area (Å²) >= 11 is 6.60. The molecule has 0 spiro atoms. The number of amides is 1. The molecule has 5 heteroatoms. The van der Waals surface area contributed by atoms with Gasteiger partial charge in [-0.25, -0.2) is 0 Å². The van der Waals surface area contributed by atoms with Gasteiger partial charge in [0.2, 0.25) is 0 Å². The monoisotopic (exact) mass is 341 g/mol. The maximum atomic E-state index is 12.7. The summed E-state index contributed by atoms with van der Waals surface area (Å²) < 4.78 is 0.501. The fourth-order valence-electron chi connectivity index (χ4n) is 2.32. The number of aryl methyl sites for hydroxylation is 1. The quantitative estimate of drug-likeness (QED) is 0.665. The summed E-state index contributed by atoms with van der Waals surface area (Å²) in [6.07, 6.45) is 2.63. The molecule has 1 aliphatic rings. The summed E-state index contributed by atoms with van der Waals surface area (Å²) in [7, 11) is 0. The van der Waals surface area contributed by atoms with Crippen LogP contribution in [0.3, 0.4) is 0 Å². The molecule has 2 aromatic rings. The van der Waals surface area contributed by atoms with Gasteiger partial charge in [-0.2, -0.15) is 0 Å². The molecule has 0 unspecified atom stereocenters. The third kappa shape index (κ3) is 3.16. The average Bonchev–Trinajstić information content (AvgIpc) is 2.84. The molecular weight excluding hydrogens is 326 g/mol. The van der Waals surface area contributed by atoms with Gasteiger partial charge in [0.1, 0.15) is 5.75 Å². The van der Waals surface area contributed by atoms with E-state index < -0.39 is 0 Å². The van der Waals surface area contributed by atoms with Gasteiger partial charge < -0.3 is 5.11 Å². The van der Waals surface area contributed by atoms with Crippen LogP contribution in [0.15, 0.2) is 53.4 Å². The van der Waals surface area contributed by atoms with Gasteiger partial charge in [0.05, 0.1) is 10.6 Å². The molecule has 1 fully saturated rings. The first-order valence-corrected chi connectivity index (χ1v) is 8.47. The highest BCUT2D eigenvalue weighted by Gasteiger charge is 2.33. The third-order valence-corrected chi connectivity index (χ3v) is 4.92. The van der Waals surface area contributed by atoms with Crippen molar-refractivity contribution in [3.63, 3.8) is 0 Å². The molecule has 0 radical (unpaired) electrons. The maximum Gasteiger partial charge on any atom is 0.270 e. The van der Waals surface area contributed by atoms with Gasteiger partial charge in [0.25, 0.3) is 5.91 Å². The summed E-state index contributed by atoms with van der Waals surface area (Å²) in [6.45, 7) is 2.09. The summed E-state index contributed by atoms with van der Waals surface area (Å²) in [5, 5.41) is 9.85. The van der Waals surface area contributed by atoms with E-state index in [4.69, 9.17) is 12.2 Å². The Balaban J connectivity index is 1.92. The van der Waals surface area contributed by atoms with Gasteiger partial charge in [-0.15, -0.1) is 0 Å². The molecule has 0 aromatic heterocycles. The van der Waals surface area contributed by atoms with E-state index in [1.165, 1.54) is 22.2 Å². The zero-order chi connectivity index (χ0) is 16.4. The first-order chi connectivity index (χ1) is 11.1. The van der Waals surface area contributed by atoms with Crippen molar-refractivity contribution >= 4 is 46.0 Å². The Bertz CT molecular complexity index is 797. The Kier molecular flexibility index (Phi) is 4.50. The van der Waals surface area contributed by atoms with Crippen LogP contribution in [-0.4, -0.2) is 15.3 Å². The minimum atomic E-state index is -0.160. The summed E-state index contributed by atoms with van der Waals surface area (Å²) in [5.41, 5.74) is 2.59. The topological polar surface area (TPSA) is 40.5 Å². The summed E-state index contributed by atoms with van der Waals surface area (Å²) in [4.78, 5) is 14.7. The molecule has 3 rings (SSSR count). The predicted molar refractivity (Wildman–Crippen MR) is 99.6 cm³/mol. The van der Waals surface area contributed by atoms with Crippen molar-refractivity contribution in [1.29, 1.82) is 0 Å². The number of thiocarbonyl (C=S) groups is 1. The number of aromatic hydroxyl groups is 1. The van der Waals surface area contributed by atoms with Gasteiger partial charge in [-0.1, -0.05) is 61.2 Å². The number of anilines is 1. The number of hydrogen-bond acceptors (Lipinski definition) is 4. The molecule has 2 aromatic carbocycles. The van der Waals surface area contributed by atoms with E-state index in [9.17, 15) is 9.90 Å². The molecule has 0 bridgehead atoms. The van der Waals surface area contributed by atoms with Gasteiger partial charge in [0.15, 0.2) is 4.32 Å². The van der Waals surface area contributed by atoms with Crippen LogP contribution < -0.4 is 4.90 Å². The van der Waals surface area contributed by atoms with Crippen LogP contribution >= 0.6 is 24.0 Å². The first-order valence-electron chi connectivity index (χ1n) is 7.25. The number of hydrogen-bond donors (Lipinski definition) is 1. The van der Waals surface area contributed by atoms with Crippen LogP contribution in [-0.2, 0) is 11.2 Å². The number of carbonyl (C=O) groups excluding carboxylic acids is 1. The molecular formula is C18H15NO2S2. The molecule has 0 aliphatic carbocycles. The highest BCUT2D eigenvalue weighted by atomic mass is 32.2. The smallest absolute Gasteiger partial charge is 0.270 e. The van der Waals surface area contributed by atoms with Gasteiger partial charge in [0, 0.05) is 5.56 Å². The molecule has 23 heavy (non-hydrogen) atoms. The molecule has 1 saturated heterocycles. The zero-order valence-corrected chi connectivity index (χ0v) is 14.2. The van der Waals surface area contributed by atoms with Crippen LogP contribution in [0.4, 0.5) is 5.69 Å². The van der Waals surface area contributed by atoms with Crippen LogP contribution in [0.1, 0.15) is 18.1 Å². The van der Waals surface area contributed by atoms with Crippen molar-refractivity contribution in [2.75, 3.05) is 4.90 Å². The number of thioether (sulfide) groups is 1. The van der Waals surface area contributed by atoms with Crippen molar-refractivity contribution in [1.82, 2.24) is 0 Å². The van der Waals surface area contributed by atoms with E-state index in [1.54, 1.807) is 24.3 Å². The van der Waals surface area contributed by atoms with E-state index >= 15 is 0 Å². The zero-order valence-electron chi connectivity index (χ0n) is 12.5. The fourth-order valence-corrected chi connectivity index (χ4v) is 3.61. The number of nitrogens with zero attached hydrogens (tertiary/aromatic N) is 1. The first kappa shape index (κ1) is 15.8. The number of phenolic OH excluding ortho intramolecular Hbond substituents is 1. The normalized spacial score (nSPS) is 16.4. The maximum absolute atomic E-state index is 12.7. The van der Waals surface area contributed by atoms with Crippen molar-refractivity contribution in [3.8, 4) is 5.75 Å². The van der Waals surface area contributed by atoms with E-state index in [2.05, 4.69) is 6.92 Å². The summed E-state index contributed by atoms with van der Waals surface area (Å²) in [5.74, 6) is -0.0161. The van der Waals surface area contributed by atoms with Crippen LogP contribution in [0.2, 0.25) is 0 Å². The molecule has 1 heterocycles. The van der Waals surface area contributed by atoms with Crippen molar-refractivity contribution in [2.45, 2.75) is 13.3 Å². The van der Waals surface area contributed by atoms with E-state index in [-0.39, 0.29) is 11.7 Å². The Hall–Kier alpha value is -2.11. The lowest BCUT2D eigenvalue weighted by atomic mass is 10.1. The lowest BCUT2D eigenvalue weighted by Crippen LogP contribution is -2.27. The number of carbonyl (C=O) groups is 1. The van der Waals surface area contributed by atoms with Crippen molar-refractivity contribution < 1.29 is 9.90 Å². The Morgan fingerprint density at radius 3 is 2.52 bits per heavy atom. The van der Waals surface area contributed by atoms with Gasteiger partial charge in [-0.3, -0.25) is 9.69 Å². The molecule has 0 saturated carbocycles. The largest absolute Gasteiger partial charge is 0.507 e. The summed E-state index contributed by atoms with van der Waals surface area (Å²) in [6, 6.07) is 14.7. The number of para-hydroxylation sites is 1. The van der Waals surface area contributed by atoms with Crippen LogP contribution in [0.5, 0.6) is 5.75 Å². The second kappa shape index (κ2) is 6.56. The van der Waals surface area contributed by atoms with Gasteiger partial charge >= 0.3 is 0 Å². The predicted octanol–water partition coefficient (Wildman–Crippen LogP) is 4.36. The molecule has 0 atom stereocenters. The van der Waals surface area contributed by atoms with Crippen molar-refractivity contribution in [2.24, 2.45) is 0 Å². The van der Waals surface area contributed by atoms with Crippen LogP contribution in [0.25, 0.3) is 6.08 Å². The van der Waals surface area contributed by atoms with Gasteiger partial charge in [-0.05, 0) is 36.3 Å². The lowest BCUT2D eigenvalue weighted by molar-refractivity contribution is -0.113. The third-order valence-electron chi connectivity index (χ3n) is 3.62. The molecule has 3 nitrogen and oxygen atoms in total. The minimum absolute atomic E-state index is 0.144. The Morgan fingerprint density at radius 2 is 1.87 bits per heavy atom. The Labute approximate surface area is 144 Å². The molecule has 1 amide bonds. The fraction of sp³-hybridized carbons (Fsp3) is 0.111. The number of benzene rings is 2. The number of phenols is 1. The second-order valence-corrected chi connectivity index (χ2v) is 6.77.